The van der Waals surface area contributed by atoms with Gasteiger partial charge in [0.1, 0.15) is 0 Å². The first-order chi connectivity index (χ1) is 16.5. The van der Waals surface area contributed by atoms with Crippen molar-refractivity contribution in [3.63, 3.8) is 0 Å². The van der Waals surface area contributed by atoms with Gasteiger partial charge < -0.3 is 11.1 Å². The van der Waals surface area contributed by atoms with E-state index in [0.717, 1.165) is 24.4 Å². The minimum absolute atomic E-state index is 0.0229. The number of carbonyl (C=O) groups is 2. The Kier molecular flexibility index (Phi) is 7.43. The number of fused-ring (bicyclic) bond motifs is 1. The highest BCUT2D eigenvalue weighted by Gasteiger charge is 2.24. The van der Waals surface area contributed by atoms with Gasteiger partial charge in [0, 0.05) is 31.7 Å². The molecule has 0 spiro atoms. The van der Waals surface area contributed by atoms with Crippen LogP contribution in [0.4, 0.5) is 5.13 Å². The van der Waals surface area contributed by atoms with Crippen LogP contribution in [0.15, 0.2) is 41.3 Å². The Bertz CT molecular complexity index is 1380. The van der Waals surface area contributed by atoms with Crippen molar-refractivity contribution in [2.24, 2.45) is 5.73 Å². The molecule has 0 aliphatic carbocycles. The average molecular weight is 536 g/mol. The van der Waals surface area contributed by atoms with Gasteiger partial charge in [-0.1, -0.05) is 29.0 Å². The van der Waals surface area contributed by atoms with Crippen LogP contribution in [-0.2, 0) is 9.84 Å². The number of nitrogens with two attached hydrogens (primary N) is 1. The fraction of sp³-hybridized carbons (Fsp3) is 0.348. The van der Waals surface area contributed by atoms with Gasteiger partial charge in [0.2, 0.25) is 5.91 Å². The Morgan fingerprint density at radius 1 is 1.20 bits per heavy atom. The van der Waals surface area contributed by atoms with Crippen molar-refractivity contribution >= 4 is 59.9 Å². The molecule has 4 rings (SSSR count). The quantitative estimate of drug-likeness (QED) is 0.423. The molecule has 2 amide bonds. The van der Waals surface area contributed by atoms with Crippen molar-refractivity contribution < 1.29 is 18.0 Å². The molecule has 1 saturated heterocycles. The summed E-state index contributed by atoms with van der Waals surface area (Å²) < 4.78 is 26.6. The lowest BCUT2D eigenvalue weighted by Crippen LogP contribution is -2.54. The van der Waals surface area contributed by atoms with Crippen LogP contribution in [0.25, 0.3) is 10.2 Å². The minimum atomic E-state index is -3.49. The van der Waals surface area contributed by atoms with Gasteiger partial charge in [-0.05, 0) is 44.2 Å². The number of primary amides is 1. The summed E-state index contributed by atoms with van der Waals surface area (Å²) in [6, 6.07) is 9.81. The van der Waals surface area contributed by atoms with E-state index in [1.165, 1.54) is 18.2 Å². The fourth-order valence-corrected chi connectivity index (χ4v) is 6.79. The lowest BCUT2D eigenvalue weighted by molar-refractivity contribution is 0.100. The van der Waals surface area contributed by atoms with E-state index in [0.29, 0.717) is 28.8 Å². The summed E-state index contributed by atoms with van der Waals surface area (Å²) in [6.45, 7) is 6.26. The summed E-state index contributed by atoms with van der Waals surface area (Å²) in [5, 5.41) is 6.34. The maximum Gasteiger partial charge on any atom is 0.258 e. The molecule has 0 saturated carbocycles. The number of nitrogens with one attached hydrogen (secondary N) is 2. The number of hydrogen-bond donors (Lipinski definition) is 3. The van der Waals surface area contributed by atoms with Gasteiger partial charge in [-0.15, -0.1) is 0 Å². The summed E-state index contributed by atoms with van der Waals surface area (Å²) in [7, 11) is -3.49. The molecular formula is C23H26ClN5O4S2. The first-order valence-electron chi connectivity index (χ1n) is 11.0. The molecule has 4 N–H and O–H groups in total. The summed E-state index contributed by atoms with van der Waals surface area (Å²) >= 11 is 7.32. The molecule has 35 heavy (non-hydrogen) atoms. The van der Waals surface area contributed by atoms with Gasteiger partial charge in [-0.2, -0.15) is 0 Å². The number of hydrogen-bond acceptors (Lipinski definition) is 8. The van der Waals surface area contributed by atoms with E-state index < -0.39 is 21.7 Å². The molecule has 186 valence electrons. The van der Waals surface area contributed by atoms with Crippen molar-refractivity contribution in [1.82, 2.24) is 15.2 Å². The van der Waals surface area contributed by atoms with Gasteiger partial charge in [0.15, 0.2) is 15.0 Å². The number of amides is 2. The van der Waals surface area contributed by atoms with Gasteiger partial charge in [-0.25, -0.2) is 13.4 Å². The lowest BCUT2D eigenvalue weighted by Gasteiger charge is -2.36. The normalized spacial score (nSPS) is 19.1. The number of carbonyl (C=O) groups excluding carboxylic acids is 2. The van der Waals surface area contributed by atoms with Crippen molar-refractivity contribution in [3.05, 3.63) is 52.5 Å². The Morgan fingerprint density at radius 2 is 1.89 bits per heavy atom. The average Bonchev–Trinajstić information content (AvgIpc) is 3.18. The molecule has 0 radical (unpaired) electrons. The standard InChI is InChI=1S/C23H26ClN5O4S2/c1-13-11-29(12-14(2)26-13)8-9-35(32,33)15-6-7-18-19(10-15)34-23(27-18)28-22(31)17-5-3-4-16(20(17)24)21(25)30/h3-7,10,13-14,26H,8-9,11-12H2,1-2H3,(H2,25,30)(H,27,28,31). The van der Waals surface area contributed by atoms with E-state index in [-0.39, 0.29) is 31.9 Å². The zero-order valence-electron chi connectivity index (χ0n) is 19.2. The number of sulfone groups is 1. The molecule has 1 aliphatic rings. The second-order valence-electron chi connectivity index (χ2n) is 8.68. The van der Waals surface area contributed by atoms with Gasteiger partial charge in [0.25, 0.3) is 5.91 Å². The molecule has 2 unspecified atom stereocenters. The Labute approximate surface area is 212 Å². The van der Waals surface area contributed by atoms with Gasteiger partial charge >= 0.3 is 0 Å². The number of aromatic nitrogens is 1. The van der Waals surface area contributed by atoms with Crippen LogP contribution in [-0.4, -0.2) is 67.6 Å². The van der Waals surface area contributed by atoms with Crippen LogP contribution >= 0.6 is 22.9 Å². The maximum atomic E-state index is 13.0. The number of anilines is 1. The molecule has 1 aromatic heterocycles. The molecular weight excluding hydrogens is 510 g/mol. The van der Waals surface area contributed by atoms with E-state index in [1.807, 2.05) is 0 Å². The van der Waals surface area contributed by atoms with Gasteiger partial charge in [0.05, 0.1) is 37.0 Å². The van der Waals surface area contributed by atoms with Crippen LogP contribution in [0.2, 0.25) is 5.02 Å². The second kappa shape index (κ2) is 10.2. The summed E-state index contributed by atoms with van der Waals surface area (Å²) in [4.78, 5) is 31.0. The maximum absolute atomic E-state index is 13.0. The minimum Gasteiger partial charge on any atom is -0.366 e. The van der Waals surface area contributed by atoms with E-state index in [9.17, 15) is 18.0 Å². The third-order valence-electron chi connectivity index (χ3n) is 5.76. The second-order valence-corrected chi connectivity index (χ2v) is 12.2. The predicted molar refractivity (Wildman–Crippen MR) is 138 cm³/mol. The third kappa shape index (κ3) is 5.81. The van der Waals surface area contributed by atoms with Crippen LogP contribution < -0.4 is 16.4 Å². The number of halogens is 1. The Hall–Kier alpha value is -2.57. The first-order valence-corrected chi connectivity index (χ1v) is 13.9. The Morgan fingerprint density at radius 3 is 2.57 bits per heavy atom. The SMILES string of the molecule is CC1CN(CCS(=O)(=O)c2ccc3nc(NC(=O)c4cccc(C(N)=O)c4Cl)sc3c2)CC(C)N1. The molecule has 0 bridgehead atoms. The number of thiazole rings is 1. The number of rotatable bonds is 7. The molecule has 9 nitrogen and oxygen atoms in total. The molecule has 1 aliphatic heterocycles. The number of nitrogens with zero attached hydrogens (tertiary/aromatic N) is 2. The predicted octanol–water partition coefficient (Wildman–Crippen LogP) is 2.76. The highest BCUT2D eigenvalue weighted by molar-refractivity contribution is 7.91. The van der Waals surface area contributed by atoms with Crippen LogP contribution in [0.5, 0.6) is 0 Å². The summed E-state index contributed by atoms with van der Waals surface area (Å²) in [5.41, 5.74) is 5.98. The monoisotopic (exact) mass is 535 g/mol. The first kappa shape index (κ1) is 25.5. The van der Waals surface area contributed by atoms with E-state index >= 15 is 0 Å². The zero-order chi connectivity index (χ0) is 25.3. The molecule has 1 fully saturated rings. The molecule has 2 heterocycles. The van der Waals surface area contributed by atoms with Crippen LogP contribution in [0.1, 0.15) is 34.6 Å². The molecule has 12 heteroatoms. The largest absolute Gasteiger partial charge is 0.366 e. The molecule has 2 aromatic carbocycles. The Balaban J connectivity index is 1.49. The summed E-state index contributed by atoms with van der Waals surface area (Å²) in [5.74, 6) is -1.27. The van der Waals surface area contributed by atoms with Crippen molar-refractivity contribution in [3.8, 4) is 0 Å². The lowest BCUT2D eigenvalue weighted by atomic mass is 10.1. The van der Waals surface area contributed by atoms with Gasteiger partial charge in [-0.3, -0.25) is 19.8 Å². The van der Waals surface area contributed by atoms with Crippen molar-refractivity contribution in [2.75, 3.05) is 30.7 Å². The molecule has 3 aromatic rings. The zero-order valence-corrected chi connectivity index (χ0v) is 21.6. The fourth-order valence-electron chi connectivity index (χ4n) is 4.20. The van der Waals surface area contributed by atoms with E-state index in [4.69, 9.17) is 17.3 Å². The van der Waals surface area contributed by atoms with E-state index in [1.54, 1.807) is 18.2 Å². The van der Waals surface area contributed by atoms with Crippen LogP contribution in [0.3, 0.4) is 0 Å². The molecule has 2 atom stereocenters. The third-order valence-corrected chi connectivity index (χ3v) is 8.79. The van der Waals surface area contributed by atoms with E-state index in [2.05, 4.69) is 34.4 Å². The number of piperazine rings is 1. The number of benzene rings is 2. The summed E-state index contributed by atoms with van der Waals surface area (Å²) in [6.07, 6.45) is 0. The smallest absolute Gasteiger partial charge is 0.258 e. The highest BCUT2D eigenvalue weighted by Crippen LogP contribution is 2.30. The van der Waals surface area contributed by atoms with Crippen molar-refractivity contribution in [2.45, 2.75) is 30.8 Å². The van der Waals surface area contributed by atoms with Crippen LogP contribution in [0, 0.1) is 0 Å². The highest BCUT2D eigenvalue weighted by atomic mass is 35.5. The topological polar surface area (TPSA) is 134 Å². The van der Waals surface area contributed by atoms with Crippen molar-refractivity contribution in [1.29, 1.82) is 0 Å².